The molecule has 1 aromatic carbocycles. The molecule has 2 heteroatoms. The van der Waals surface area contributed by atoms with Gasteiger partial charge in [-0.3, -0.25) is 0 Å². The largest absolute Gasteiger partial charge is 0.371 e. The SMILES string of the molecule is CCN(CC1(CNC)CCC(C)CC1)c1ccccc1. The Kier molecular flexibility index (Phi) is 5.47. The van der Waals surface area contributed by atoms with Gasteiger partial charge in [0.2, 0.25) is 0 Å². The Balaban J connectivity index is 2.10. The van der Waals surface area contributed by atoms with Crippen molar-refractivity contribution in [2.45, 2.75) is 39.5 Å². The van der Waals surface area contributed by atoms with Crippen LogP contribution in [0.25, 0.3) is 0 Å². The van der Waals surface area contributed by atoms with Crippen molar-refractivity contribution in [2.24, 2.45) is 11.3 Å². The zero-order chi connectivity index (χ0) is 14.4. The summed E-state index contributed by atoms with van der Waals surface area (Å²) in [6.07, 6.45) is 5.48. The topological polar surface area (TPSA) is 15.3 Å². The highest BCUT2D eigenvalue weighted by Gasteiger charge is 2.35. The molecule has 1 N–H and O–H groups in total. The minimum Gasteiger partial charge on any atom is -0.371 e. The van der Waals surface area contributed by atoms with Gasteiger partial charge >= 0.3 is 0 Å². The molecule has 0 aromatic heterocycles. The van der Waals surface area contributed by atoms with Gasteiger partial charge in [0.05, 0.1) is 0 Å². The summed E-state index contributed by atoms with van der Waals surface area (Å²) in [6.45, 7) is 8.08. The van der Waals surface area contributed by atoms with E-state index in [0.717, 1.165) is 19.0 Å². The molecule has 0 atom stereocenters. The van der Waals surface area contributed by atoms with Crippen molar-refractivity contribution in [3.05, 3.63) is 30.3 Å². The molecule has 1 aliphatic rings. The van der Waals surface area contributed by atoms with Crippen LogP contribution in [0.2, 0.25) is 0 Å². The van der Waals surface area contributed by atoms with Gasteiger partial charge < -0.3 is 10.2 Å². The van der Waals surface area contributed by atoms with Gasteiger partial charge in [-0.1, -0.05) is 38.0 Å². The van der Waals surface area contributed by atoms with E-state index in [-0.39, 0.29) is 0 Å². The molecule has 0 spiro atoms. The molecule has 1 saturated carbocycles. The van der Waals surface area contributed by atoms with Crippen LogP contribution in [-0.2, 0) is 0 Å². The number of para-hydroxylation sites is 1. The Hall–Kier alpha value is -1.02. The van der Waals surface area contributed by atoms with Crippen molar-refractivity contribution in [1.29, 1.82) is 0 Å². The zero-order valence-electron chi connectivity index (χ0n) is 13.4. The average molecular weight is 274 g/mol. The van der Waals surface area contributed by atoms with Gasteiger partial charge in [-0.25, -0.2) is 0 Å². The van der Waals surface area contributed by atoms with Crippen LogP contribution in [0.15, 0.2) is 30.3 Å². The first kappa shape index (κ1) is 15.4. The number of rotatable bonds is 6. The smallest absolute Gasteiger partial charge is 0.0366 e. The van der Waals surface area contributed by atoms with Crippen molar-refractivity contribution in [1.82, 2.24) is 5.32 Å². The summed E-state index contributed by atoms with van der Waals surface area (Å²) >= 11 is 0. The molecule has 0 heterocycles. The Morgan fingerprint density at radius 3 is 2.40 bits per heavy atom. The molecular weight excluding hydrogens is 244 g/mol. The highest BCUT2D eigenvalue weighted by molar-refractivity contribution is 5.46. The lowest BCUT2D eigenvalue weighted by Gasteiger charge is -2.43. The highest BCUT2D eigenvalue weighted by atomic mass is 15.1. The summed E-state index contributed by atoms with van der Waals surface area (Å²) in [4.78, 5) is 2.55. The van der Waals surface area contributed by atoms with Crippen molar-refractivity contribution in [3.63, 3.8) is 0 Å². The molecule has 0 amide bonds. The van der Waals surface area contributed by atoms with Crippen LogP contribution in [0.4, 0.5) is 5.69 Å². The predicted octanol–water partition coefficient (Wildman–Crippen LogP) is 3.93. The van der Waals surface area contributed by atoms with Gasteiger partial charge in [0.15, 0.2) is 0 Å². The van der Waals surface area contributed by atoms with Crippen molar-refractivity contribution in [3.8, 4) is 0 Å². The van der Waals surface area contributed by atoms with Gasteiger partial charge in [0.25, 0.3) is 0 Å². The quantitative estimate of drug-likeness (QED) is 0.845. The summed E-state index contributed by atoms with van der Waals surface area (Å²) in [5, 5.41) is 3.45. The molecule has 2 nitrogen and oxygen atoms in total. The van der Waals surface area contributed by atoms with Crippen molar-refractivity contribution < 1.29 is 0 Å². The van der Waals surface area contributed by atoms with E-state index in [2.05, 4.69) is 61.4 Å². The molecular formula is C18H30N2. The predicted molar refractivity (Wildman–Crippen MR) is 88.3 cm³/mol. The normalized spacial score (nSPS) is 26.4. The second kappa shape index (κ2) is 7.12. The van der Waals surface area contributed by atoms with Gasteiger partial charge in [0.1, 0.15) is 0 Å². The van der Waals surface area contributed by atoms with Crippen LogP contribution in [0.1, 0.15) is 39.5 Å². The van der Waals surface area contributed by atoms with Gasteiger partial charge in [0, 0.05) is 30.7 Å². The first-order valence-corrected chi connectivity index (χ1v) is 8.14. The molecule has 1 aliphatic carbocycles. The van der Waals surface area contributed by atoms with Crippen LogP contribution in [0.3, 0.4) is 0 Å². The Bertz CT molecular complexity index is 380. The minimum absolute atomic E-state index is 0.451. The number of benzene rings is 1. The summed E-state index contributed by atoms with van der Waals surface area (Å²) in [6, 6.07) is 10.9. The van der Waals surface area contributed by atoms with E-state index in [1.54, 1.807) is 0 Å². The lowest BCUT2D eigenvalue weighted by atomic mass is 9.70. The third kappa shape index (κ3) is 3.76. The zero-order valence-corrected chi connectivity index (χ0v) is 13.4. The van der Waals surface area contributed by atoms with Crippen LogP contribution in [0.5, 0.6) is 0 Å². The Labute approximate surface area is 124 Å². The third-order valence-electron chi connectivity index (χ3n) is 4.92. The molecule has 0 saturated heterocycles. The number of nitrogens with zero attached hydrogens (tertiary/aromatic N) is 1. The molecule has 2 rings (SSSR count). The van der Waals surface area contributed by atoms with Gasteiger partial charge in [-0.15, -0.1) is 0 Å². The van der Waals surface area contributed by atoms with E-state index < -0.39 is 0 Å². The van der Waals surface area contributed by atoms with E-state index in [0.29, 0.717) is 5.41 Å². The summed E-state index contributed by atoms with van der Waals surface area (Å²) in [5.74, 6) is 0.909. The fourth-order valence-corrected chi connectivity index (χ4v) is 3.57. The van der Waals surface area contributed by atoms with Gasteiger partial charge in [-0.05, 0) is 44.9 Å². The lowest BCUT2D eigenvalue weighted by Crippen LogP contribution is -2.45. The first-order valence-electron chi connectivity index (χ1n) is 8.14. The van der Waals surface area contributed by atoms with E-state index >= 15 is 0 Å². The average Bonchev–Trinajstić information content (AvgIpc) is 2.49. The summed E-state index contributed by atoms with van der Waals surface area (Å²) < 4.78 is 0. The lowest BCUT2D eigenvalue weighted by molar-refractivity contribution is 0.159. The monoisotopic (exact) mass is 274 g/mol. The third-order valence-corrected chi connectivity index (χ3v) is 4.92. The van der Waals surface area contributed by atoms with Crippen molar-refractivity contribution in [2.75, 3.05) is 31.6 Å². The number of hydrogen-bond acceptors (Lipinski definition) is 2. The van der Waals surface area contributed by atoms with E-state index in [9.17, 15) is 0 Å². The molecule has 1 fully saturated rings. The Morgan fingerprint density at radius 2 is 1.85 bits per heavy atom. The molecule has 0 aliphatic heterocycles. The maximum Gasteiger partial charge on any atom is 0.0366 e. The number of anilines is 1. The fourth-order valence-electron chi connectivity index (χ4n) is 3.57. The van der Waals surface area contributed by atoms with E-state index in [1.807, 2.05) is 0 Å². The van der Waals surface area contributed by atoms with E-state index in [1.165, 1.54) is 37.9 Å². The Morgan fingerprint density at radius 1 is 1.20 bits per heavy atom. The van der Waals surface area contributed by atoms with Crippen LogP contribution in [-0.4, -0.2) is 26.7 Å². The summed E-state index contributed by atoms with van der Waals surface area (Å²) in [5.41, 5.74) is 1.82. The van der Waals surface area contributed by atoms with Crippen LogP contribution >= 0.6 is 0 Å². The molecule has 0 bridgehead atoms. The summed E-state index contributed by atoms with van der Waals surface area (Å²) in [7, 11) is 2.10. The molecule has 20 heavy (non-hydrogen) atoms. The number of nitrogens with one attached hydrogen (secondary N) is 1. The van der Waals surface area contributed by atoms with Crippen LogP contribution in [0, 0.1) is 11.3 Å². The van der Waals surface area contributed by atoms with Crippen molar-refractivity contribution >= 4 is 5.69 Å². The molecule has 1 aromatic rings. The molecule has 112 valence electrons. The fraction of sp³-hybridized carbons (Fsp3) is 0.667. The highest BCUT2D eigenvalue weighted by Crippen LogP contribution is 2.39. The second-order valence-corrected chi connectivity index (χ2v) is 6.56. The molecule has 0 unspecified atom stereocenters. The first-order chi connectivity index (χ1) is 9.69. The van der Waals surface area contributed by atoms with Gasteiger partial charge in [-0.2, -0.15) is 0 Å². The second-order valence-electron chi connectivity index (χ2n) is 6.56. The maximum atomic E-state index is 3.45. The minimum atomic E-state index is 0.451. The maximum absolute atomic E-state index is 3.45. The number of hydrogen-bond donors (Lipinski definition) is 1. The van der Waals surface area contributed by atoms with Crippen LogP contribution < -0.4 is 10.2 Å². The standard InChI is InChI=1S/C18H30N2/c1-4-20(17-8-6-5-7-9-17)15-18(14-19-3)12-10-16(2)11-13-18/h5-9,16,19H,4,10-15H2,1-3H3. The van der Waals surface area contributed by atoms with E-state index in [4.69, 9.17) is 0 Å². The molecule has 0 radical (unpaired) electrons.